The summed E-state index contributed by atoms with van der Waals surface area (Å²) in [7, 11) is 1.75. The number of fused-ring (bicyclic) bond motifs is 1. The molecule has 0 saturated carbocycles. The molecule has 5 nitrogen and oxygen atoms in total. The van der Waals surface area contributed by atoms with Gasteiger partial charge in [0.25, 0.3) is 0 Å². The molecule has 0 bridgehead atoms. The molecule has 0 aliphatic heterocycles. The van der Waals surface area contributed by atoms with Crippen LogP contribution in [0.2, 0.25) is 0 Å². The Bertz CT molecular complexity index is 1120. The molecule has 4 aromatic rings. The number of pyridine rings is 1. The molecule has 0 unspecified atom stereocenters. The minimum absolute atomic E-state index is 0.115. The Morgan fingerprint density at radius 1 is 0.926 bits per heavy atom. The van der Waals surface area contributed by atoms with Gasteiger partial charge in [0, 0.05) is 22.4 Å². The van der Waals surface area contributed by atoms with Gasteiger partial charge in [-0.3, -0.25) is 0 Å². The van der Waals surface area contributed by atoms with E-state index in [9.17, 15) is 4.39 Å². The van der Waals surface area contributed by atoms with Crippen LogP contribution in [0.3, 0.4) is 0 Å². The van der Waals surface area contributed by atoms with Crippen molar-refractivity contribution >= 4 is 34.6 Å². The van der Waals surface area contributed by atoms with Crippen LogP contribution in [-0.2, 0) is 0 Å². The van der Waals surface area contributed by atoms with Gasteiger partial charge in [0.05, 0.1) is 11.1 Å². The number of nitrogen functional groups attached to an aromatic ring is 1. The first-order valence-corrected chi connectivity index (χ1v) is 9.11. The number of hydrogen-bond acceptors (Lipinski definition) is 6. The normalized spacial score (nSPS) is 10.9. The first-order chi connectivity index (χ1) is 13.2. The summed E-state index contributed by atoms with van der Waals surface area (Å²) in [6, 6.07) is 18.4. The molecule has 2 heterocycles. The van der Waals surface area contributed by atoms with Gasteiger partial charge in [0.1, 0.15) is 11.6 Å². The molecule has 3 N–H and O–H groups in total. The summed E-state index contributed by atoms with van der Waals surface area (Å²) >= 11 is 1.49. The van der Waals surface area contributed by atoms with E-state index in [-0.39, 0.29) is 11.8 Å². The van der Waals surface area contributed by atoms with Gasteiger partial charge in [-0.15, -0.1) is 0 Å². The number of nitrogens with zero attached hydrogens (tertiary/aromatic N) is 3. The minimum atomic E-state index is -0.335. The molecule has 0 aliphatic rings. The van der Waals surface area contributed by atoms with Crippen molar-refractivity contribution in [3.05, 3.63) is 66.5 Å². The van der Waals surface area contributed by atoms with E-state index in [1.807, 2.05) is 42.5 Å². The summed E-state index contributed by atoms with van der Waals surface area (Å²) in [6.45, 7) is 0. The summed E-state index contributed by atoms with van der Waals surface area (Å²) in [5, 5.41) is 3.70. The quantitative estimate of drug-likeness (QED) is 0.541. The van der Waals surface area contributed by atoms with Crippen molar-refractivity contribution in [2.24, 2.45) is 0 Å². The second-order valence-corrected chi connectivity index (χ2v) is 6.89. The van der Waals surface area contributed by atoms with Crippen LogP contribution in [0, 0.1) is 5.82 Å². The van der Waals surface area contributed by atoms with Crippen LogP contribution in [0.15, 0.2) is 70.5 Å². The number of rotatable bonds is 4. The van der Waals surface area contributed by atoms with Crippen molar-refractivity contribution in [3.8, 4) is 11.3 Å². The van der Waals surface area contributed by atoms with Gasteiger partial charge in [0.15, 0.2) is 5.65 Å². The fourth-order valence-electron chi connectivity index (χ4n) is 2.81. The highest BCUT2D eigenvalue weighted by molar-refractivity contribution is 7.99. The fraction of sp³-hybridized carbons (Fsp3) is 0.0500. The lowest BCUT2D eigenvalue weighted by molar-refractivity contribution is 0.627. The standard InChI is InChI=1S/C20H16FN5S/c1-23-18-13-10-11-15(24-19(13)26-20(22)25-18)17-14(21)8-5-9-16(17)27-12-6-3-2-4-7-12/h2-11H,1H3,(H3,22,23,24,25,26). The molecular formula is C20H16FN5S. The molecule has 0 spiro atoms. The van der Waals surface area contributed by atoms with Crippen LogP contribution in [0.1, 0.15) is 0 Å². The predicted octanol–water partition coefficient (Wildman–Crippen LogP) is 4.61. The third-order valence-electron chi connectivity index (χ3n) is 4.02. The first-order valence-electron chi connectivity index (χ1n) is 8.29. The molecule has 0 fully saturated rings. The summed E-state index contributed by atoms with van der Waals surface area (Å²) in [4.78, 5) is 14.7. The van der Waals surface area contributed by atoms with Crippen molar-refractivity contribution in [1.82, 2.24) is 15.0 Å². The van der Waals surface area contributed by atoms with Gasteiger partial charge in [0.2, 0.25) is 5.95 Å². The zero-order valence-electron chi connectivity index (χ0n) is 14.5. The third-order valence-corrected chi connectivity index (χ3v) is 5.08. The van der Waals surface area contributed by atoms with Crippen molar-refractivity contribution in [2.45, 2.75) is 9.79 Å². The van der Waals surface area contributed by atoms with Crippen LogP contribution in [0.4, 0.5) is 16.2 Å². The highest BCUT2D eigenvalue weighted by atomic mass is 32.2. The lowest BCUT2D eigenvalue weighted by atomic mass is 10.1. The average Bonchev–Trinajstić information content (AvgIpc) is 2.67. The van der Waals surface area contributed by atoms with E-state index >= 15 is 0 Å². The Morgan fingerprint density at radius 2 is 1.74 bits per heavy atom. The smallest absolute Gasteiger partial charge is 0.224 e. The van der Waals surface area contributed by atoms with E-state index in [1.54, 1.807) is 19.2 Å². The second-order valence-electron chi connectivity index (χ2n) is 5.78. The van der Waals surface area contributed by atoms with Crippen molar-refractivity contribution < 1.29 is 4.39 Å². The van der Waals surface area contributed by atoms with Crippen molar-refractivity contribution in [2.75, 3.05) is 18.1 Å². The average molecular weight is 377 g/mol. The second kappa shape index (κ2) is 7.20. The van der Waals surface area contributed by atoms with Crippen molar-refractivity contribution in [1.29, 1.82) is 0 Å². The van der Waals surface area contributed by atoms with Crippen LogP contribution in [0.25, 0.3) is 22.3 Å². The number of benzene rings is 2. The van der Waals surface area contributed by atoms with E-state index in [0.717, 1.165) is 15.2 Å². The van der Waals surface area contributed by atoms with E-state index in [1.165, 1.54) is 17.8 Å². The maximum Gasteiger partial charge on any atom is 0.224 e. The number of halogens is 1. The zero-order chi connectivity index (χ0) is 18.8. The molecule has 0 aliphatic carbocycles. The molecule has 0 atom stereocenters. The van der Waals surface area contributed by atoms with Gasteiger partial charge in [-0.05, 0) is 36.4 Å². The number of nitrogens with two attached hydrogens (primary N) is 1. The number of nitrogens with one attached hydrogen (secondary N) is 1. The Hall–Kier alpha value is -3.19. The Morgan fingerprint density at radius 3 is 2.52 bits per heavy atom. The highest BCUT2D eigenvalue weighted by Crippen LogP contribution is 2.37. The predicted molar refractivity (Wildman–Crippen MR) is 107 cm³/mol. The molecule has 4 rings (SSSR count). The molecule has 0 saturated heterocycles. The van der Waals surface area contributed by atoms with Crippen LogP contribution in [0.5, 0.6) is 0 Å². The van der Waals surface area contributed by atoms with Gasteiger partial charge >= 0.3 is 0 Å². The Labute approximate surface area is 159 Å². The molecule has 7 heteroatoms. The largest absolute Gasteiger partial charge is 0.372 e. The first kappa shape index (κ1) is 17.2. The summed E-state index contributed by atoms with van der Waals surface area (Å²) in [5.41, 5.74) is 7.13. The lowest BCUT2D eigenvalue weighted by Crippen LogP contribution is -2.02. The molecular weight excluding hydrogens is 361 g/mol. The Kier molecular flexibility index (Phi) is 4.60. The molecule has 2 aromatic heterocycles. The van der Waals surface area contributed by atoms with Gasteiger partial charge in [-0.25, -0.2) is 9.37 Å². The highest BCUT2D eigenvalue weighted by Gasteiger charge is 2.15. The summed E-state index contributed by atoms with van der Waals surface area (Å²) in [5.74, 6) is 0.367. The van der Waals surface area contributed by atoms with Gasteiger partial charge < -0.3 is 11.1 Å². The van der Waals surface area contributed by atoms with Crippen LogP contribution >= 0.6 is 11.8 Å². The SMILES string of the molecule is CNc1nc(N)nc2nc(-c3c(F)cccc3Sc3ccccc3)ccc12. The summed E-state index contributed by atoms with van der Waals surface area (Å²) in [6.07, 6.45) is 0. The molecule has 0 amide bonds. The Balaban J connectivity index is 1.86. The summed E-state index contributed by atoms with van der Waals surface area (Å²) < 4.78 is 14.7. The number of hydrogen-bond donors (Lipinski definition) is 2. The fourth-order valence-corrected chi connectivity index (χ4v) is 3.81. The maximum absolute atomic E-state index is 14.7. The molecule has 2 aromatic carbocycles. The van der Waals surface area contributed by atoms with E-state index < -0.39 is 0 Å². The maximum atomic E-state index is 14.7. The molecule has 0 radical (unpaired) electrons. The van der Waals surface area contributed by atoms with Crippen LogP contribution < -0.4 is 11.1 Å². The minimum Gasteiger partial charge on any atom is -0.372 e. The van der Waals surface area contributed by atoms with Gasteiger partial charge in [-0.2, -0.15) is 9.97 Å². The van der Waals surface area contributed by atoms with E-state index in [4.69, 9.17) is 5.73 Å². The lowest BCUT2D eigenvalue weighted by Gasteiger charge is -2.11. The van der Waals surface area contributed by atoms with Crippen molar-refractivity contribution in [3.63, 3.8) is 0 Å². The zero-order valence-corrected chi connectivity index (χ0v) is 15.3. The topological polar surface area (TPSA) is 76.7 Å². The van der Waals surface area contributed by atoms with Crippen LogP contribution in [-0.4, -0.2) is 22.0 Å². The van der Waals surface area contributed by atoms with E-state index in [2.05, 4.69) is 20.3 Å². The third kappa shape index (κ3) is 3.41. The monoisotopic (exact) mass is 377 g/mol. The molecule has 27 heavy (non-hydrogen) atoms. The molecule has 134 valence electrons. The van der Waals surface area contributed by atoms with Gasteiger partial charge in [-0.1, -0.05) is 36.0 Å². The number of aromatic nitrogens is 3. The van der Waals surface area contributed by atoms with E-state index in [0.29, 0.717) is 22.7 Å². The number of anilines is 2.